The Bertz CT molecular complexity index is 424. The Hall–Kier alpha value is -0.900. The zero-order chi connectivity index (χ0) is 16.0. The Morgan fingerprint density at radius 1 is 1.14 bits per heavy atom. The highest BCUT2D eigenvalue weighted by Gasteiger charge is 2.47. The van der Waals surface area contributed by atoms with Crippen LogP contribution in [0.2, 0.25) is 0 Å². The molecule has 2 aliphatic heterocycles. The van der Waals surface area contributed by atoms with E-state index >= 15 is 0 Å². The average molecular weight is 294 g/mol. The van der Waals surface area contributed by atoms with Crippen molar-refractivity contribution in [1.29, 1.82) is 0 Å². The third-order valence-corrected chi connectivity index (χ3v) is 4.57. The minimum Gasteiger partial charge on any atom is -0.307 e. The van der Waals surface area contributed by atoms with Crippen LogP contribution < -0.4 is 5.32 Å². The molecule has 0 aliphatic carbocycles. The second-order valence-electron chi connectivity index (χ2n) is 8.59. The number of carbonyl (C=O) groups excluding carboxylic acids is 2. The second-order valence-corrected chi connectivity index (χ2v) is 8.59. The van der Waals surface area contributed by atoms with Gasteiger partial charge in [-0.2, -0.15) is 0 Å². The highest BCUT2D eigenvalue weighted by Crippen LogP contribution is 2.36. The number of rotatable bonds is 3. The van der Waals surface area contributed by atoms with Gasteiger partial charge in [-0.15, -0.1) is 0 Å². The summed E-state index contributed by atoms with van der Waals surface area (Å²) < 4.78 is 0. The minimum absolute atomic E-state index is 0.0316. The standard InChI is InChI=1S/C17H30N2O2/c1-11(2)7-12-8-14(20)19(15(12)21)13-9-16(3,4)18-17(5,6)10-13/h11-13,18H,7-10H2,1-6H3. The number of amides is 2. The number of likely N-dealkylation sites (tertiary alicyclic amines) is 1. The number of nitrogens with zero attached hydrogens (tertiary/aromatic N) is 1. The first-order chi connectivity index (χ1) is 9.51. The highest BCUT2D eigenvalue weighted by atomic mass is 16.2. The van der Waals surface area contributed by atoms with Gasteiger partial charge in [-0.1, -0.05) is 13.8 Å². The van der Waals surface area contributed by atoms with Gasteiger partial charge in [-0.05, 0) is 52.9 Å². The molecule has 0 saturated carbocycles. The van der Waals surface area contributed by atoms with Gasteiger partial charge in [0.1, 0.15) is 0 Å². The first-order valence-electron chi connectivity index (χ1n) is 8.16. The topological polar surface area (TPSA) is 49.4 Å². The number of nitrogens with one attached hydrogen (secondary N) is 1. The fraction of sp³-hybridized carbons (Fsp3) is 0.882. The smallest absolute Gasteiger partial charge is 0.233 e. The van der Waals surface area contributed by atoms with Crippen molar-refractivity contribution in [2.24, 2.45) is 11.8 Å². The van der Waals surface area contributed by atoms with E-state index in [4.69, 9.17) is 0 Å². The molecular weight excluding hydrogens is 264 g/mol. The number of hydrogen-bond acceptors (Lipinski definition) is 3. The van der Waals surface area contributed by atoms with Gasteiger partial charge in [0.2, 0.25) is 11.8 Å². The van der Waals surface area contributed by atoms with Crippen molar-refractivity contribution in [2.45, 2.75) is 84.3 Å². The highest BCUT2D eigenvalue weighted by molar-refractivity contribution is 6.03. The molecule has 2 rings (SSSR count). The van der Waals surface area contributed by atoms with Gasteiger partial charge < -0.3 is 5.32 Å². The predicted molar refractivity (Wildman–Crippen MR) is 83.7 cm³/mol. The summed E-state index contributed by atoms with van der Waals surface area (Å²) in [5.74, 6) is 0.447. The Kier molecular flexibility index (Phi) is 4.22. The van der Waals surface area contributed by atoms with Crippen molar-refractivity contribution in [3.05, 3.63) is 0 Å². The monoisotopic (exact) mass is 294 g/mol. The quantitative estimate of drug-likeness (QED) is 0.814. The fourth-order valence-electron chi connectivity index (χ4n) is 4.30. The molecule has 2 fully saturated rings. The Morgan fingerprint density at radius 3 is 2.14 bits per heavy atom. The molecule has 21 heavy (non-hydrogen) atoms. The zero-order valence-corrected chi connectivity index (χ0v) is 14.3. The number of carbonyl (C=O) groups is 2. The van der Waals surface area contributed by atoms with Crippen LogP contribution in [-0.2, 0) is 9.59 Å². The summed E-state index contributed by atoms with van der Waals surface area (Å²) >= 11 is 0. The summed E-state index contributed by atoms with van der Waals surface area (Å²) in [6.07, 6.45) is 2.89. The van der Waals surface area contributed by atoms with E-state index in [9.17, 15) is 9.59 Å². The molecule has 2 saturated heterocycles. The number of hydrogen-bond donors (Lipinski definition) is 1. The van der Waals surface area contributed by atoms with E-state index in [0.29, 0.717) is 12.3 Å². The van der Waals surface area contributed by atoms with Crippen molar-refractivity contribution in [1.82, 2.24) is 10.2 Å². The van der Waals surface area contributed by atoms with Crippen LogP contribution in [0, 0.1) is 11.8 Å². The summed E-state index contributed by atoms with van der Waals surface area (Å²) in [4.78, 5) is 26.6. The van der Waals surface area contributed by atoms with E-state index in [1.54, 1.807) is 4.90 Å². The van der Waals surface area contributed by atoms with Crippen molar-refractivity contribution in [2.75, 3.05) is 0 Å². The first kappa shape index (κ1) is 16.5. The maximum absolute atomic E-state index is 12.7. The number of piperidine rings is 1. The molecule has 0 aromatic rings. The SMILES string of the molecule is CC(C)CC1CC(=O)N(C2CC(C)(C)NC(C)(C)C2)C1=O. The molecule has 1 unspecified atom stereocenters. The molecule has 2 aliphatic rings. The van der Waals surface area contributed by atoms with Gasteiger partial charge in [-0.3, -0.25) is 14.5 Å². The van der Waals surface area contributed by atoms with Crippen molar-refractivity contribution in [3.8, 4) is 0 Å². The summed E-state index contributed by atoms with van der Waals surface area (Å²) in [5, 5.41) is 3.61. The van der Waals surface area contributed by atoms with E-state index in [2.05, 4.69) is 46.9 Å². The maximum Gasteiger partial charge on any atom is 0.233 e. The molecular formula is C17H30N2O2. The lowest BCUT2D eigenvalue weighted by Gasteiger charge is -2.48. The summed E-state index contributed by atoms with van der Waals surface area (Å²) in [6, 6.07) is 0.0356. The fourth-order valence-corrected chi connectivity index (χ4v) is 4.30. The summed E-state index contributed by atoms with van der Waals surface area (Å²) in [6.45, 7) is 12.8. The lowest BCUT2D eigenvalue weighted by molar-refractivity contribution is -0.144. The van der Waals surface area contributed by atoms with Crippen LogP contribution in [0.1, 0.15) is 67.2 Å². The first-order valence-corrected chi connectivity index (χ1v) is 8.16. The summed E-state index contributed by atoms with van der Waals surface area (Å²) in [5.41, 5.74) is -0.105. The average Bonchev–Trinajstić information content (AvgIpc) is 2.48. The van der Waals surface area contributed by atoms with E-state index in [1.807, 2.05) is 0 Å². The maximum atomic E-state index is 12.7. The van der Waals surface area contributed by atoms with E-state index in [-0.39, 0.29) is 34.9 Å². The van der Waals surface area contributed by atoms with Gasteiger partial charge in [0.25, 0.3) is 0 Å². The van der Waals surface area contributed by atoms with E-state index in [1.165, 1.54) is 0 Å². The lowest BCUT2D eigenvalue weighted by Crippen LogP contribution is -2.62. The van der Waals surface area contributed by atoms with Crippen molar-refractivity contribution < 1.29 is 9.59 Å². The van der Waals surface area contributed by atoms with Crippen LogP contribution in [-0.4, -0.2) is 33.8 Å². The summed E-state index contributed by atoms with van der Waals surface area (Å²) in [7, 11) is 0. The van der Waals surface area contributed by atoms with Crippen LogP contribution in [0.4, 0.5) is 0 Å². The number of imide groups is 1. The van der Waals surface area contributed by atoms with Gasteiger partial charge >= 0.3 is 0 Å². The second kappa shape index (κ2) is 5.38. The van der Waals surface area contributed by atoms with Crippen LogP contribution in [0.25, 0.3) is 0 Å². The van der Waals surface area contributed by atoms with Gasteiger partial charge in [-0.25, -0.2) is 0 Å². The molecule has 0 aromatic carbocycles. The van der Waals surface area contributed by atoms with Gasteiger partial charge in [0, 0.05) is 29.5 Å². The van der Waals surface area contributed by atoms with Crippen LogP contribution >= 0.6 is 0 Å². The predicted octanol–water partition coefficient (Wildman–Crippen LogP) is 2.72. The van der Waals surface area contributed by atoms with E-state index < -0.39 is 0 Å². The largest absolute Gasteiger partial charge is 0.307 e. The lowest BCUT2D eigenvalue weighted by atomic mass is 9.79. The van der Waals surface area contributed by atoms with Crippen molar-refractivity contribution >= 4 is 11.8 Å². The molecule has 0 aromatic heterocycles. The molecule has 2 amide bonds. The van der Waals surface area contributed by atoms with Gasteiger partial charge in [0.15, 0.2) is 0 Å². The molecule has 4 heteroatoms. The molecule has 0 bridgehead atoms. The molecule has 0 spiro atoms. The minimum atomic E-state index is -0.0985. The molecule has 0 radical (unpaired) electrons. The Balaban J connectivity index is 2.17. The zero-order valence-electron chi connectivity index (χ0n) is 14.3. The normalized spacial score (nSPS) is 29.5. The van der Waals surface area contributed by atoms with Crippen LogP contribution in [0.5, 0.6) is 0 Å². The Labute approximate surface area is 128 Å². The van der Waals surface area contributed by atoms with E-state index in [0.717, 1.165) is 19.3 Å². The Morgan fingerprint density at radius 2 is 1.67 bits per heavy atom. The third-order valence-electron chi connectivity index (χ3n) is 4.57. The molecule has 1 N–H and O–H groups in total. The molecule has 1 atom stereocenters. The molecule has 120 valence electrons. The van der Waals surface area contributed by atoms with Crippen LogP contribution in [0.3, 0.4) is 0 Å². The van der Waals surface area contributed by atoms with Crippen LogP contribution in [0.15, 0.2) is 0 Å². The van der Waals surface area contributed by atoms with Gasteiger partial charge in [0.05, 0.1) is 0 Å². The van der Waals surface area contributed by atoms with Crippen molar-refractivity contribution in [3.63, 3.8) is 0 Å². The molecule has 2 heterocycles. The molecule has 4 nitrogen and oxygen atoms in total. The third kappa shape index (κ3) is 3.65.